The summed E-state index contributed by atoms with van der Waals surface area (Å²) in [5.74, 6) is -0.788. The highest BCUT2D eigenvalue weighted by molar-refractivity contribution is 5.74. The Balaban J connectivity index is 2.63. The molecule has 0 saturated heterocycles. The van der Waals surface area contributed by atoms with Crippen LogP contribution in [0.5, 0.6) is 0 Å². The smallest absolute Gasteiger partial charge is 0.309 e. The lowest BCUT2D eigenvalue weighted by molar-refractivity contribution is -0.147. The van der Waals surface area contributed by atoms with Crippen molar-refractivity contribution in [2.24, 2.45) is 5.41 Å². The van der Waals surface area contributed by atoms with Crippen molar-refractivity contribution < 1.29 is 15.0 Å². The first-order valence-corrected chi connectivity index (χ1v) is 3.46. The van der Waals surface area contributed by atoms with Crippen LogP contribution >= 0.6 is 0 Å². The first-order chi connectivity index (χ1) is 4.54. The largest absolute Gasteiger partial charge is 0.481 e. The average molecular weight is 144 g/mol. The third kappa shape index (κ3) is 1.14. The molecule has 1 aliphatic carbocycles. The lowest BCUT2D eigenvalue weighted by Crippen LogP contribution is -2.24. The molecular weight excluding hydrogens is 132 g/mol. The van der Waals surface area contributed by atoms with E-state index in [1.807, 2.05) is 0 Å². The van der Waals surface area contributed by atoms with Crippen LogP contribution in [0.4, 0.5) is 0 Å². The molecule has 0 bridgehead atoms. The minimum absolute atomic E-state index is 0.402. The second-order valence-corrected chi connectivity index (χ2v) is 3.26. The molecule has 0 aromatic heterocycles. The van der Waals surface area contributed by atoms with Crippen LogP contribution in [0.15, 0.2) is 0 Å². The van der Waals surface area contributed by atoms with E-state index < -0.39 is 17.5 Å². The van der Waals surface area contributed by atoms with Gasteiger partial charge in [-0.15, -0.1) is 0 Å². The van der Waals surface area contributed by atoms with Gasteiger partial charge in [0.05, 0.1) is 11.5 Å². The number of rotatable bonds is 1. The Bertz CT molecular complexity index is 155. The van der Waals surface area contributed by atoms with Gasteiger partial charge in [-0.25, -0.2) is 0 Å². The molecule has 2 N–H and O–H groups in total. The van der Waals surface area contributed by atoms with Crippen LogP contribution in [-0.4, -0.2) is 22.3 Å². The van der Waals surface area contributed by atoms with Gasteiger partial charge in [-0.3, -0.25) is 4.79 Å². The first kappa shape index (κ1) is 7.54. The van der Waals surface area contributed by atoms with Crippen molar-refractivity contribution in [2.45, 2.75) is 32.3 Å². The number of carbonyl (C=O) groups is 1. The fourth-order valence-electron chi connectivity index (χ4n) is 1.40. The van der Waals surface area contributed by atoms with Gasteiger partial charge in [0, 0.05) is 0 Å². The summed E-state index contributed by atoms with van der Waals surface area (Å²) >= 11 is 0. The standard InChI is InChI=1S/C7H12O3/c1-7(6(9)10)3-2-5(8)4-7/h5,8H,2-4H2,1H3,(H,9,10)/t5-,7+/m0/s1. The van der Waals surface area contributed by atoms with Crippen molar-refractivity contribution in [3.05, 3.63) is 0 Å². The van der Waals surface area contributed by atoms with Gasteiger partial charge in [0.2, 0.25) is 0 Å². The zero-order valence-electron chi connectivity index (χ0n) is 6.00. The molecule has 3 nitrogen and oxygen atoms in total. The van der Waals surface area contributed by atoms with Gasteiger partial charge in [-0.2, -0.15) is 0 Å². The minimum atomic E-state index is -0.788. The van der Waals surface area contributed by atoms with E-state index in [1.165, 1.54) is 0 Å². The molecule has 0 radical (unpaired) electrons. The van der Waals surface area contributed by atoms with Crippen LogP contribution in [0, 0.1) is 5.41 Å². The van der Waals surface area contributed by atoms with Crippen LogP contribution in [0.3, 0.4) is 0 Å². The molecular formula is C7H12O3. The van der Waals surface area contributed by atoms with Crippen LogP contribution in [0.2, 0.25) is 0 Å². The lowest BCUT2D eigenvalue weighted by Gasteiger charge is -2.16. The van der Waals surface area contributed by atoms with Gasteiger partial charge in [0.1, 0.15) is 0 Å². The van der Waals surface area contributed by atoms with Crippen molar-refractivity contribution in [3.8, 4) is 0 Å². The Morgan fingerprint density at radius 2 is 2.30 bits per heavy atom. The normalized spacial score (nSPS) is 40.0. The molecule has 1 saturated carbocycles. The second-order valence-electron chi connectivity index (χ2n) is 3.26. The van der Waals surface area contributed by atoms with E-state index in [1.54, 1.807) is 6.92 Å². The maximum Gasteiger partial charge on any atom is 0.309 e. The molecule has 0 unspecified atom stereocenters. The molecule has 1 rings (SSSR count). The van der Waals surface area contributed by atoms with E-state index in [2.05, 4.69) is 0 Å². The van der Waals surface area contributed by atoms with Crippen LogP contribution < -0.4 is 0 Å². The van der Waals surface area contributed by atoms with Gasteiger partial charge >= 0.3 is 5.97 Å². The van der Waals surface area contributed by atoms with Gasteiger partial charge < -0.3 is 10.2 Å². The summed E-state index contributed by atoms with van der Waals surface area (Å²) in [4.78, 5) is 10.6. The molecule has 1 fully saturated rings. The fraction of sp³-hybridized carbons (Fsp3) is 0.857. The molecule has 0 heterocycles. The van der Waals surface area contributed by atoms with E-state index in [9.17, 15) is 4.79 Å². The zero-order valence-corrected chi connectivity index (χ0v) is 6.00. The Morgan fingerprint density at radius 1 is 1.70 bits per heavy atom. The van der Waals surface area contributed by atoms with Gasteiger partial charge in [0.15, 0.2) is 0 Å². The molecule has 0 amide bonds. The third-order valence-corrected chi connectivity index (χ3v) is 2.23. The average Bonchev–Trinajstić information content (AvgIpc) is 2.13. The quantitative estimate of drug-likeness (QED) is 0.567. The molecule has 58 valence electrons. The molecule has 0 aliphatic heterocycles. The maximum absolute atomic E-state index is 10.6. The number of carboxylic acid groups (broad SMARTS) is 1. The number of hydrogen-bond acceptors (Lipinski definition) is 2. The highest BCUT2D eigenvalue weighted by atomic mass is 16.4. The maximum atomic E-state index is 10.6. The number of aliphatic hydroxyl groups is 1. The summed E-state index contributed by atoms with van der Waals surface area (Å²) in [6, 6.07) is 0. The summed E-state index contributed by atoms with van der Waals surface area (Å²) in [7, 11) is 0. The van der Waals surface area contributed by atoms with E-state index >= 15 is 0 Å². The monoisotopic (exact) mass is 144 g/mol. The summed E-state index contributed by atoms with van der Waals surface area (Å²) < 4.78 is 0. The van der Waals surface area contributed by atoms with Crippen LogP contribution in [0.25, 0.3) is 0 Å². The predicted octanol–water partition coefficient (Wildman–Crippen LogP) is 0.622. The SMILES string of the molecule is C[C@@]1(C(=O)O)CC[C@H](O)C1. The fourth-order valence-corrected chi connectivity index (χ4v) is 1.40. The Labute approximate surface area is 59.7 Å². The van der Waals surface area contributed by atoms with Crippen molar-refractivity contribution in [2.75, 3.05) is 0 Å². The summed E-state index contributed by atoms with van der Waals surface area (Å²) in [6.07, 6.45) is 1.23. The van der Waals surface area contributed by atoms with Gasteiger partial charge in [0.25, 0.3) is 0 Å². The zero-order chi connectivity index (χ0) is 7.78. The van der Waals surface area contributed by atoms with E-state index in [-0.39, 0.29) is 0 Å². The number of aliphatic hydroxyl groups excluding tert-OH is 1. The van der Waals surface area contributed by atoms with Crippen LogP contribution in [0.1, 0.15) is 26.2 Å². The molecule has 3 heteroatoms. The van der Waals surface area contributed by atoms with Crippen molar-refractivity contribution in [1.29, 1.82) is 0 Å². The van der Waals surface area contributed by atoms with Gasteiger partial charge in [-0.05, 0) is 26.2 Å². The van der Waals surface area contributed by atoms with Crippen molar-refractivity contribution >= 4 is 5.97 Å². The molecule has 10 heavy (non-hydrogen) atoms. The Morgan fingerprint density at radius 3 is 2.50 bits per heavy atom. The number of hydrogen-bond donors (Lipinski definition) is 2. The first-order valence-electron chi connectivity index (χ1n) is 3.46. The van der Waals surface area contributed by atoms with Crippen molar-refractivity contribution in [1.82, 2.24) is 0 Å². The van der Waals surface area contributed by atoms with Gasteiger partial charge in [-0.1, -0.05) is 0 Å². The minimum Gasteiger partial charge on any atom is -0.481 e. The predicted molar refractivity (Wildman–Crippen MR) is 35.6 cm³/mol. The Hall–Kier alpha value is -0.570. The van der Waals surface area contributed by atoms with E-state index in [0.717, 1.165) is 0 Å². The van der Waals surface area contributed by atoms with E-state index in [4.69, 9.17) is 10.2 Å². The van der Waals surface area contributed by atoms with Crippen LogP contribution in [-0.2, 0) is 4.79 Å². The topological polar surface area (TPSA) is 57.5 Å². The third-order valence-electron chi connectivity index (χ3n) is 2.23. The molecule has 0 aromatic carbocycles. The molecule has 2 atom stereocenters. The highest BCUT2D eigenvalue weighted by Crippen LogP contribution is 2.37. The summed E-state index contributed by atoms with van der Waals surface area (Å²) in [6.45, 7) is 1.69. The lowest BCUT2D eigenvalue weighted by atomic mass is 9.89. The number of carboxylic acids is 1. The second kappa shape index (κ2) is 2.23. The number of aliphatic carboxylic acids is 1. The molecule has 0 aromatic rings. The highest BCUT2D eigenvalue weighted by Gasteiger charge is 2.40. The summed E-state index contributed by atoms with van der Waals surface area (Å²) in [5, 5.41) is 17.7. The molecule has 1 aliphatic rings. The molecule has 0 spiro atoms. The van der Waals surface area contributed by atoms with E-state index in [0.29, 0.717) is 19.3 Å². The Kier molecular flexibility index (Phi) is 1.68. The summed E-state index contributed by atoms with van der Waals surface area (Å²) in [5.41, 5.74) is -0.667. The van der Waals surface area contributed by atoms with Crippen molar-refractivity contribution in [3.63, 3.8) is 0 Å².